The van der Waals surface area contributed by atoms with Crippen molar-refractivity contribution in [1.82, 2.24) is 10.2 Å². The molecule has 0 saturated heterocycles. The molecular formula is C35H38FN3O4S. The van der Waals surface area contributed by atoms with Crippen molar-refractivity contribution < 1.29 is 22.4 Å². The smallest absolute Gasteiger partial charge is 0.264 e. The van der Waals surface area contributed by atoms with Gasteiger partial charge >= 0.3 is 0 Å². The fourth-order valence-electron chi connectivity index (χ4n) is 4.82. The number of rotatable bonds is 13. The van der Waals surface area contributed by atoms with Crippen molar-refractivity contribution in [2.75, 3.05) is 17.4 Å². The van der Waals surface area contributed by atoms with Crippen LogP contribution in [0.25, 0.3) is 0 Å². The molecule has 0 aliphatic rings. The monoisotopic (exact) mass is 615 g/mol. The number of amides is 2. The van der Waals surface area contributed by atoms with Crippen LogP contribution in [-0.2, 0) is 32.6 Å². The molecule has 44 heavy (non-hydrogen) atoms. The van der Waals surface area contributed by atoms with Crippen LogP contribution >= 0.6 is 0 Å². The lowest BCUT2D eigenvalue weighted by atomic mass is 10.0. The van der Waals surface area contributed by atoms with E-state index in [2.05, 4.69) is 5.32 Å². The molecule has 230 valence electrons. The molecule has 1 N–H and O–H groups in total. The number of anilines is 1. The van der Waals surface area contributed by atoms with Gasteiger partial charge in [-0.2, -0.15) is 0 Å². The Balaban J connectivity index is 1.80. The third-order valence-corrected chi connectivity index (χ3v) is 8.94. The number of benzene rings is 4. The Bertz CT molecular complexity index is 1660. The number of hydrogen-bond donors (Lipinski definition) is 1. The van der Waals surface area contributed by atoms with Crippen LogP contribution < -0.4 is 9.62 Å². The molecule has 0 saturated carbocycles. The van der Waals surface area contributed by atoms with E-state index < -0.39 is 40.2 Å². The quantitative estimate of drug-likeness (QED) is 0.208. The van der Waals surface area contributed by atoms with Crippen molar-refractivity contribution in [2.24, 2.45) is 5.92 Å². The zero-order valence-electron chi connectivity index (χ0n) is 25.2. The second kappa shape index (κ2) is 14.8. The zero-order chi connectivity index (χ0) is 31.7. The van der Waals surface area contributed by atoms with E-state index in [0.29, 0.717) is 12.2 Å². The van der Waals surface area contributed by atoms with E-state index >= 15 is 0 Å². The Morgan fingerprint density at radius 1 is 0.841 bits per heavy atom. The molecule has 0 fully saturated rings. The summed E-state index contributed by atoms with van der Waals surface area (Å²) in [5.41, 5.74) is 2.12. The summed E-state index contributed by atoms with van der Waals surface area (Å²) in [6.07, 6.45) is 0.154. The SMILES string of the molecule is Cc1cccc(N(CC(=O)N(Cc2ccccc2F)[C@@H](Cc2ccccc2)C(=O)NCC(C)C)S(=O)(=O)c2ccccc2)c1. The normalized spacial score (nSPS) is 12.0. The minimum Gasteiger partial charge on any atom is -0.354 e. The molecule has 4 rings (SSSR count). The lowest BCUT2D eigenvalue weighted by Crippen LogP contribution is -2.53. The minimum absolute atomic E-state index is 0.0190. The fourth-order valence-corrected chi connectivity index (χ4v) is 6.25. The highest BCUT2D eigenvalue weighted by molar-refractivity contribution is 7.92. The molecule has 0 aliphatic carbocycles. The van der Waals surface area contributed by atoms with Gasteiger partial charge in [0.15, 0.2) is 0 Å². The van der Waals surface area contributed by atoms with Gasteiger partial charge in [-0.25, -0.2) is 12.8 Å². The molecule has 0 aromatic heterocycles. The molecule has 4 aromatic carbocycles. The maximum Gasteiger partial charge on any atom is 0.264 e. The van der Waals surface area contributed by atoms with E-state index in [1.807, 2.05) is 57.2 Å². The summed E-state index contributed by atoms with van der Waals surface area (Å²) in [6, 6.07) is 29.0. The predicted octanol–water partition coefficient (Wildman–Crippen LogP) is 5.74. The number of nitrogens with one attached hydrogen (secondary N) is 1. The van der Waals surface area contributed by atoms with E-state index in [1.54, 1.807) is 54.6 Å². The van der Waals surface area contributed by atoms with Crippen LogP contribution in [0.5, 0.6) is 0 Å². The second-order valence-electron chi connectivity index (χ2n) is 11.1. The Kier molecular flexibility index (Phi) is 10.9. The first kappa shape index (κ1) is 32.4. The van der Waals surface area contributed by atoms with Gasteiger partial charge < -0.3 is 10.2 Å². The summed E-state index contributed by atoms with van der Waals surface area (Å²) in [6.45, 7) is 5.30. The molecule has 0 aliphatic heterocycles. The van der Waals surface area contributed by atoms with Gasteiger partial charge in [0.05, 0.1) is 10.6 Å². The van der Waals surface area contributed by atoms with Crippen LogP contribution in [0.2, 0.25) is 0 Å². The number of carbonyl (C=O) groups is 2. The standard InChI is InChI=1S/C35H38FN3O4S/c1-26(2)23-37-35(41)33(22-28-14-6-4-7-15-28)38(24-29-16-10-11-20-32(29)36)34(40)25-39(30-17-12-13-27(3)21-30)44(42,43)31-18-8-5-9-19-31/h4-21,26,33H,22-25H2,1-3H3,(H,37,41)/t33-/m0/s1. The van der Waals surface area contributed by atoms with Gasteiger partial charge in [-0.1, -0.05) is 92.7 Å². The largest absolute Gasteiger partial charge is 0.354 e. The van der Waals surface area contributed by atoms with Crippen molar-refractivity contribution in [2.45, 2.75) is 44.7 Å². The van der Waals surface area contributed by atoms with Crippen molar-refractivity contribution in [3.63, 3.8) is 0 Å². The van der Waals surface area contributed by atoms with E-state index in [9.17, 15) is 22.4 Å². The van der Waals surface area contributed by atoms with E-state index in [0.717, 1.165) is 15.4 Å². The van der Waals surface area contributed by atoms with Crippen LogP contribution in [0.15, 0.2) is 114 Å². The first-order valence-corrected chi connectivity index (χ1v) is 16.0. The second-order valence-corrected chi connectivity index (χ2v) is 13.0. The predicted molar refractivity (Wildman–Crippen MR) is 171 cm³/mol. The van der Waals surface area contributed by atoms with Crippen LogP contribution in [0.3, 0.4) is 0 Å². The molecule has 0 bridgehead atoms. The number of halogens is 1. The highest BCUT2D eigenvalue weighted by Crippen LogP contribution is 2.26. The van der Waals surface area contributed by atoms with Gasteiger partial charge in [0.1, 0.15) is 18.4 Å². The Morgan fingerprint density at radius 2 is 1.48 bits per heavy atom. The number of carbonyl (C=O) groups excluding carboxylic acids is 2. The molecule has 7 nitrogen and oxygen atoms in total. The van der Waals surface area contributed by atoms with Crippen molar-refractivity contribution in [1.29, 1.82) is 0 Å². The Labute approximate surface area is 259 Å². The number of sulfonamides is 1. The highest BCUT2D eigenvalue weighted by atomic mass is 32.2. The van der Waals surface area contributed by atoms with Gasteiger partial charge in [0.25, 0.3) is 10.0 Å². The van der Waals surface area contributed by atoms with Crippen molar-refractivity contribution >= 4 is 27.5 Å². The summed E-state index contributed by atoms with van der Waals surface area (Å²) in [5, 5.41) is 2.93. The first-order chi connectivity index (χ1) is 21.1. The van der Waals surface area contributed by atoms with E-state index in [-0.39, 0.29) is 29.3 Å². The number of hydrogen-bond acceptors (Lipinski definition) is 4. The maximum absolute atomic E-state index is 15.0. The number of aryl methyl sites for hydroxylation is 1. The van der Waals surface area contributed by atoms with Crippen LogP contribution in [-0.4, -0.2) is 44.3 Å². The minimum atomic E-state index is -4.20. The van der Waals surface area contributed by atoms with Crippen molar-refractivity contribution in [3.8, 4) is 0 Å². The highest BCUT2D eigenvalue weighted by Gasteiger charge is 2.35. The van der Waals surface area contributed by atoms with Crippen molar-refractivity contribution in [3.05, 3.63) is 132 Å². The Hall–Kier alpha value is -4.50. The zero-order valence-corrected chi connectivity index (χ0v) is 26.0. The Morgan fingerprint density at radius 3 is 2.11 bits per heavy atom. The molecule has 0 spiro atoms. The van der Waals surface area contributed by atoms with Gasteiger partial charge in [-0.05, 0) is 54.3 Å². The van der Waals surface area contributed by atoms with Gasteiger partial charge in [-0.3, -0.25) is 13.9 Å². The lowest BCUT2D eigenvalue weighted by Gasteiger charge is -2.34. The molecule has 0 radical (unpaired) electrons. The molecule has 9 heteroatoms. The topological polar surface area (TPSA) is 86.8 Å². The van der Waals surface area contributed by atoms with Crippen LogP contribution in [0, 0.1) is 18.7 Å². The maximum atomic E-state index is 15.0. The van der Waals surface area contributed by atoms with Gasteiger partial charge in [0.2, 0.25) is 11.8 Å². The third kappa shape index (κ3) is 8.32. The summed E-state index contributed by atoms with van der Waals surface area (Å²) < 4.78 is 44.1. The van der Waals surface area contributed by atoms with E-state index in [4.69, 9.17) is 0 Å². The molecule has 2 amide bonds. The fraction of sp³-hybridized carbons (Fsp3) is 0.257. The molecule has 0 unspecified atom stereocenters. The lowest BCUT2D eigenvalue weighted by molar-refractivity contribution is -0.140. The molecule has 0 heterocycles. The molecular weight excluding hydrogens is 577 g/mol. The summed E-state index contributed by atoms with van der Waals surface area (Å²) in [4.78, 5) is 29.5. The summed E-state index contributed by atoms with van der Waals surface area (Å²) >= 11 is 0. The van der Waals surface area contributed by atoms with E-state index in [1.165, 1.54) is 23.1 Å². The van der Waals surface area contributed by atoms with Gasteiger partial charge in [0, 0.05) is 25.1 Å². The van der Waals surface area contributed by atoms with Gasteiger partial charge in [-0.15, -0.1) is 0 Å². The first-order valence-electron chi connectivity index (χ1n) is 14.5. The average molecular weight is 616 g/mol. The molecule has 4 aromatic rings. The number of nitrogens with zero attached hydrogens (tertiary/aromatic N) is 2. The summed E-state index contributed by atoms with van der Waals surface area (Å²) in [5.74, 6) is -1.42. The molecule has 1 atom stereocenters. The van der Waals surface area contributed by atoms with Crippen LogP contribution in [0.4, 0.5) is 10.1 Å². The van der Waals surface area contributed by atoms with Crippen LogP contribution in [0.1, 0.15) is 30.5 Å². The average Bonchev–Trinajstić information content (AvgIpc) is 3.02. The summed E-state index contributed by atoms with van der Waals surface area (Å²) in [7, 11) is -4.20. The third-order valence-electron chi connectivity index (χ3n) is 7.15.